The molecular formula is C26H36FN3O4S. The molecule has 2 aromatic rings. The summed E-state index contributed by atoms with van der Waals surface area (Å²) in [4.78, 5) is 28.0. The van der Waals surface area contributed by atoms with Crippen LogP contribution in [0.5, 0.6) is 0 Å². The number of rotatable bonds is 12. The molecule has 2 rings (SSSR count). The molecule has 2 amide bonds. The Morgan fingerprint density at radius 2 is 1.66 bits per heavy atom. The molecule has 0 aromatic heterocycles. The van der Waals surface area contributed by atoms with Crippen molar-refractivity contribution in [2.45, 2.75) is 59.0 Å². The maximum atomic E-state index is 13.7. The fraction of sp³-hybridized carbons (Fsp3) is 0.462. The lowest BCUT2D eigenvalue weighted by Gasteiger charge is -2.33. The van der Waals surface area contributed by atoms with Gasteiger partial charge in [0.2, 0.25) is 21.8 Å². The van der Waals surface area contributed by atoms with E-state index in [1.807, 2.05) is 32.9 Å². The van der Waals surface area contributed by atoms with E-state index in [2.05, 4.69) is 5.32 Å². The van der Waals surface area contributed by atoms with Crippen LogP contribution < -0.4 is 9.62 Å². The first-order valence-corrected chi connectivity index (χ1v) is 13.7. The van der Waals surface area contributed by atoms with E-state index in [4.69, 9.17) is 0 Å². The van der Waals surface area contributed by atoms with Crippen LogP contribution in [0.2, 0.25) is 0 Å². The summed E-state index contributed by atoms with van der Waals surface area (Å²) >= 11 is 0. The highest BCUT2D eigenvalue weighted by atomic mass is 32.2. The second kappa shape index (κ2) is 12.7. The monoisotopic (exact) mass is 505 g/mol. The number of amides is 2. The summed E-state index contributed by atoms with van der Waals surface area (Å²) in [6.07, 6.45) is 2.14. The molecule has 2 aromatic carbocycles. The van der Waals surface area contributed by atoms with Gasteiger partial charge < -0.3 is 10.2 Å². The molecule has 192 valence electrons. The van der Waals surface area contributed by atoms with Crippen LogP contribution in [0, 0.1) is 5.82 Å². The zero-order valence-electron chi connectivity index (χ0n) is 21.1. The third kappa shape index (κ3) is 7.78. The molecule has 0 unspecified atom stereocenters. The lowest BCUT2D eigenvalue weighted by molar-refractivity contribution is -0.140. The van der Waals surface area contributed by atoms with E-state index in [-0.39, 0.29) is 18.4 Å². The number of para-hydroxylation sites is 1. The first kappa shape index (κ1) is 28.3. The van der Waals surface area contributed by atoms with Crippen LogP contribution >= 0.6 is 0 Å². The highest BCUT2D eigenvalue weighted by Crippen LogP contribution is 2.29. The smallest absolute Gasteiger partial charge is 0.244 e. The van der Waals surface area contributed by atoms with Gasteiger partial charge in [-0.25, -0.2) is 12.8 Å². The molecule has 0 aliphatic carbocycles. The van der Waals surface area contributed by atoms with Crippen LogP contribution in [-0.4, -0.2) is 50.5 Å². The molecule has 7 nitrogen and oxygen atoms in total. The summed E-state index contributed by atoms with van der Waals surface area (Å²) in [6.45, 7) is 7.68. The standard InChI is InChI=1S/C26H36FN3O4S/c1-6-16-28-26(32)23(7-2)29(17-20-12-14-21(27)15-13-20)25(31)18-30(35(5,33)34)24-11-9-8-10-22(24)19(3)4/h8-15,19,23H,6-7,16-18H2,1-5H3,(H,28,32)/t23-/m1/s1. The Labute approximate surface area is 208 Å². The third-order valence-electron chi connectivity index (χ3n) is 5.71. The molecule has 9 heteroatoms. The lowest BCUT2D eigenvalue weighted by Crippen LogP contribution is -2.52. The SMILES string of the molecule is CCCNC(=O)[C@@H](CC)N(Cc1ccc(F)cc1)C(=O)CN(c1ccccc1C(C)C)S(C)(=O)=O. The van der Waals surface area contributed by atoms with Crippen molar-refractivity contribution in [2.75, 3.05) is 23.7 Å². The lowest BCUT2D eigenvalue weighted by atomic mass is 10.0. The highest BCUT2D eigenvalue weighted by Gasteiger charge is 2.32. The number of hydrogen-bond acceptors (Lipinski definition) is 4. The third-order valence-corrected chi connectivity index (χ3v) is 6.83. The van der Waals surface area contributed by atoms with Crippen LogP contribution in [0.15, 0.2) is 48.5 Å². The zero-order valence-corrected chi connectivity index (χ0v) is 21.9. The Bertz CT molecular complexity index is 1100. The maximum absolute atomic E-state index is 13.7. The summed E-state index contributed by atoms with van der Waals surface area (Å²) in [7, 11) is -3.81. The van der Waals surface area contributed by atoms with Crippen LogP contribution in [0.1, 0.15) is 57.6 Å². The Morgan fingerprint density at radius 3 is 2.20 bits per heavy atom. The summed E-state index contributed by atoms with van der Waals surface area (Å²) in [6, 6.07) is 11.9. The highest BCUT2D eigenvalue weighted by molar-refractivity contribution is 7.92. The Morgan fingerprint density at radius 1 is 1.03 bits per heavy atom. The van der Waals surface area contributed by atoms with Crippen molar-refractivity contribution in [1.29, 1.82) is 0 Å². The Hall–Kier alpha value is -2.94. The van der Waals surface area contributed by atoms with Gasteiger partial charge in [0, 0.05) is 13.1 Å². The molecule has 0 radical (unpaired) electrons. The quantitative estimate of drug-likeness (QED) is 0.472. The van der Waals surface area contributed by atoms with Crippen molar-refractivity contribution in [3.63, 3.8) is 0 Å². The van der Waals surface area contributed by atoms with Crippen molar-refractivity contribution in [3.8, 4) is 0 Å². The Kier molecular flexibility index (Phi) is 10.2. The van der Waals surface area contributed by atoms with Crippen molar-refractivity contribution >= 4 is 27.5 Å². The van der Waals surface area contributed by atoms with E-state index in [1.165, 1.54) is 17.0 Å². The largest absolute Gasteiger partial charge is 0.354 e. The van der Waals surface area contributed by atoms with Gasteiger partial charge in [-0.15, -0.1) is 0 Å². The molecular weight excluding hydrogens is 469 g/mol. The van der Waals surface area contributed by atoms with Crippen LogP contribution in [-0.2, 0) is 26.2 Å². The van der Waals surface area contributed by atoms with E-state index in [0.717, 1.165) is 22.5 Å². The van der Waals surface area contributed by atoms with E-state index < -0.39 is 34.3 Å². The maximum Gasteiger partial charge on any atom is 0.244 e. The average Bonchev–Trinajstić information content (AvgIpc) is 2.81. The average molecular weight is 506 g/mol. The number of sulfonamides is 1. The van der Waals surface area contributed by atoms with Gasteiger partial charge in [0.25, 0.3) is 0 Å². The molecule has 0 bridgehead atoms. The first-order valence-electron chi connectivity index (χ1n) is 11.9. The van der Waals surface area contributed by atoms with E-state index in [1.54, 1.807) is 31.2 Å². The Balaban J connectivity index is 2.48. The number of benzene rings is 2. The topological polar surface area (TPSA) is 86.8 Å². The minimum atomic E-state index is -3.81. The normalized spacial score (nSPS) is 12.3. The van der Waals surface area contributed by atoms with E-state index >= 15 is 0 Å². The number of carbonyl (C=O) groups is 2. The summed E-state index contributed by atoms with van der Waals surface area (Å²) in [5, 5.41) is 2.83. The molecule has 0 aliphatic heterocycles. The number of carbonyl (C=O) groups excluding carboxylic acids is 2. The van der Waals surface area contributed by atoms with Crippen molar-refractivity contribution in [2.24, 2.45) is 0 Å². The predicted molar refractivity (Wildman–Crippen MR) is 137 cm³/mol. The molecule has 0 spiro atoms. The second-order valence-corrected chi connectivity index (χ2v) is 10.8. The number of halogens is 1. The molecule has 0 saturated heterocycles. The summed E-state index contributed by atoms with van der Waals surface area (Å²) in [5.41, 5.74) is 1.86. The molecule has 0 fully saturated rings. The van der Waals surface area contributed by atoms with Crippen molar-refractivity contribution < 1.29 is 22.4 Å². The minimum Gasteiger partial charge on any atom is -0.354 e. The van der Waals surface area contributed by atoms with Gasteiger partial charge >= 0.3 is 0 Å². The van der Waals surface area contributed by atoms with Crippen molar-refractivity contribution in [1.82, 2.24) is 10.2 Å². The molecule has 0 heterocycles. The van der Waals surface area contributed by atoms with Crippen LogP contribution in [0.4, 0.5) is 10.1 Å². The van der Waals surface area contributed by atoms with Crippen LogP contribution in [0.25, 0.3) is 0 Å². The molecule has 35 heavy (non-hydrogen) atoms. The fourth-order valence-corrected chi connectivity index (χ4v) is 4.74. The number of anilines is 1. The van der Waals surface area contributed by atoms with E-state index in [9.17, 15) is 22.4 Å². The molecule has 1 N–H and O–H groups in total. The molecule has 0 aliphatic rings. The van der Waals surface area contributed by atoms with Gasteiger partial charge in [0.05, 0.1) is 11.9 Å². The predicted octanol–water partition coefficient (Wildman–Crippen LogP) is 4.05. The van der Waals surface area contributed by atoms with Gasteiger partial charge in [-0.2, -0.15) is 0 Å². The van der Waals surface area contributed by atoms with Gasteiger partial charge in [0.15, 0.2) is 0 Å². The second-order valence-electron chi connectivity index (χ2n) is 8.85. The first-order chi connectivity index (χ1) is 16.5. The molecule has 1 atom stereocenters. The number of nitrogens with one attached hydrogen (secondary N) is 1. The zero-order chi connectivity index (χ0) is 26.2. The molecule has 0 saturated carbocycles. The van der Waals surface area contributed by atoms with E-state index in [0.29, 0.717) is 24.2 Å². The van der Waals surface area contributed by atoms with Gasteiger partial charge in [-0.1, -0.05) is 58.0 Å². The van der Waals surface area contributed by atoms with Gasteiger partial charge in [-0.05, 0) is 48.1 Å². The summed E-state index contributed by atoms with van der Waals surface area (Å²) in [5.74, 6) is -1.20. The number of nitrogens with zero attached hydrogens (tertiary/aromatic N) is 2. The van der Waals surface area contributed by atoms with Gasteiger partial charge in [0.1, 0.15) is 18.4 Å². The number of hydrogen-bond donors (Lipinski definition) is 1. The summed E-state index contributed by atoms with van der Waals surface area (Å²) < 4.78 is 40.2. The van der Waals surface area contributed by atoms with Gasteiger partial charge in [-0.3, -0.25) is 13.9 Å². The minimum absolute atomic E-state index is 0.0316. The van der Waals surface area contributed by atoms with Crippen molar-refractivity contribution in [3.05, 3.63) is 65.5 Å². The van der Waals surface area contributed by atoms with Crippen LogP contribution in [0.3, 0.4) is 0 Å². The fourth-order valence-electron chi connectivity index (χ4n) is 3.87.